The summed E-state index contributed by atoms with van der Waals surface area (Å²) in [7, 11) is 0. The summed E-state index contributed by atoms with van der Waals surface area (Å²) < 4.78 is 0. The summed E-state index contributed by atoms with van der Waals surface area (Å²) >= 11 is 0. The van der Waals surface area contributed by atoms with E-state index in [2.05, 4.69) is 0 Å². The molecule has 62 valence electrons. The molecule has 1 aliphatic rings. The monoisotopic (exact) mass is 153 g/mol. The quantitative estimate of drug-likeness (QED) is 0.568. The second kappa shape index (κ2) is 2.43. The maximum absolute atomic E-state index is 11.5. The molecule has 1 fully saturated rings. The average molecular weight is 153 g/mol. The van der Waals surface area contributed by atoms with Gasteiger partial charge in [0.2, 0.25) is 0 Å². The first kappa shape index (κ1) is 8.44. The Labute approximate surface area is 67.5 Å². The number of hydrogen-bond donors (Lipinski definition) is 1. The molecule has 1 N–H and O–H groups in total. The number of rotatable bonds is 0. The molecule has 0 radical (unpaired) electrons. The third-order valence-corrected chi connectivity index (χ3v) is 2.32. The molecule has 0 spiro atoms. The first-order valence-electron chi connectivity index (χ1n) is 4.04. The maximum Gasteiger partial charge on any atom is 0.142 e. The molecule has 1 rings (SSSR count). The molecule has 1 unspecified atom stereocenters. The smallest absolute Gasteiger partial charge is 0.142 e. The molecule has 2 heteroatoms. The third-order valence-electron chi connectivity index (χ3n) is 2.32. The second-order valence-electron chi connectivity index (χ2n) is 4.13. The number of Topliss-reactive ketones (excluding diaryl/α,β-unsaturated/α-hetero) is 1. The van der Waals surface area contributed by atoms with Gasteiger partial charge in [-0.25, -0.2) is 0 Å². The normalized spacial score (nSPS) is 30.6. The van der Waals surface area contributed by atoms with Gasteiger partial charge in [0, 0.05) is 17.0 Å². The van der Waals surface area contributed by atoms with E-state index < -0.39 is 0 Å². The van der Waals surface area contributed by atoms with E-state index in [-0.39, 0.29) is 11.3 Å². The predicted molar refractivity (Wildman–Crippen MR) is 44.9 cm³/mol. The molecule has 1 aliphatic carbocycles. The van der Waals surface area contributed by atoms with E-state index in [0.29, 0.717) is 18.6 Å². The summed E-state index contributed by atoms with van der Waals surface area (Å²) in [5, 5.41) is 7.51. The molecule has 0 aromatic rings. The zero-order valence-corrected chi connectivity index (χ0v) is 7.40. The SMILES string of the molecule is CC1CC(=N)CC(C)(C)C1=O. The van der Waals surface area contributed by atoms with Gasteiger partial charge < -0.3 is 5.41 Å². The highest BCUT2D eigenvalue weighted by Crippen LogP contribution is 2.33. The van der Waals surface area contributed by atoms with Crippen LogP contribution >= 0.6 is 0 Å². The van der Waals surface area contributed by atoms with Crippen LogP contribution in [-0.2, 0) is 4.79 Å². The summed E-state index contributed by atoms with van der Waals surface area (Å²) in [5.41, 5.74) is 0.441. The highest BCUT2D eigenvalue weighted by atomic mass is 16.1. The van der Waals surface area contributed by atoms with E-state index in [1.54, 1.807) is 0 Å². The van der Waals surface area contributed by atoms with Crippen molar-refractivity contribution in [1.29, 1.82) is 5.41 Å². The molecule has 0 bridgehead atoms. The van der Waals surface area contributed by atoms with Crippen molar-refractivity contribution in [3.63, 3.8) is 0 Å². The van der Waals surface area contributed by atoms with Crippen molar-refractivity contribution < 1.29 is 4.79 Å². The molecule has 11 heavy (non-hydrogen) atoms. The predicted octanol–water partition coefficient (Wildman–Crippen LogP) is 2.03. The lowest BCUT2D eigenvalue weighted by molar-refractivity contribution is -0.131. The van der Waals surface area contributed by atoms with Crippen molar-refractivity contribution >= 4 is 11.5 Å². The van der Waals surface area contributed by atoms with Crippen LogP contribution in [0.4, 0.5) is 0 Å². The van der Waals surface area contributed by atoms with E-state index in [1.807, 2.05) is 20.8 Å². The van der Waals surface area contributed by atoms with Gasteiger partial charge >= 0.3 is 0 Å². The Morgan fingerprint density at radius 2 is 2.09 bits per heavy atom. The number of hydrogen-bond acceptors (Lipinski definition) is 2. The highest BCUT2D eigenvalue weighted by Gasteiger charge is 2.37. The Balaban J connectivity index is 2.83. The van der Waals surface area contributed by atoms with Crippen molar-refractivity contribution in [2.24, 2.45) is 11.3 Å². The van der Waals surface area contributed by atoms with Crippen LogP contribution < -0.4 is 0 Å². The molecule has 0 amide bonds. The van der Waals surface area contributed by atoms with Crippen molar-refractivity contribution in [2.75, 3.05) is 0 Å². The van der Waals surface area contributed by atoms with Gasteiger partial charge in [0.1, 0.15) is 5.78 Å². The Morgan fingerprint density at radius 3 is 2.55 bits per heavy atom. The van der Waals surface area contributed by atoms with E-state index in [4.69, 9.17) is 5.41 Å². The van der Waals surface area contributed by atoms with Crippen molar-refractivity contribution in [2.45, 2.75) is 33.6 Å². The molecule has 0 aliphatic heterocycles. The molecule has 0 aromatic carbocycles. The van der Waals surface area contributed by atoms with Gasteiger partial charge in [-0.15, -0.1) is 0 Å². The van der Waals surface area contributed by atoms with E-state index in [1.165, 1.54) is 0 Å². The minimum atomic E-state index is -0.283. The Kier molecular flexibility index (Phi) is 1.87. The van der Waals surface area contributed by atoms with Gasteiger partial charge in [-0.05, 0) is 12.8 Å². The van der Waals surface area contributed by atoms with E-state index in [0.717, 1.165) is 5.71 Å². The van der Waals surface area contributed by atoms with Crippen molar-refractivity contribution in [3.8, 4) is 0 Å². The Hall–Kier alpha value is -0.660. The minimum absolute atomic E-state index is 0.0613. The lowest BCUT2D eigenvalue weighted by Crippen LogP contribution is -2.37. The fraction of sp³-hybridized carbons (Fsp3) is 0.778. The maximum atomic E-state index is 11.5. The first-order chi connectivity index (χ1) is 4.93. The molecule has 1 atom stereocenters. The molecular weight excluding hydrogens is 138 g/mol. The molecule has 1 saturated carbocycles. The molecular formula is C9H15NO. The van der Waals surface area contributed by atoms with Crippen molar-refractivity contribution in [3.05, 3.63) is 0 Å². The zero-order valence-electron chi connectivity index (χ0n) is 7.40. The average Bonchev–Trinajstić information content (AvgIpc) is 1.81. The zero-order chi connectivity index (χ0) is 8.65. The van der Waals surface area contributed by atoms with Gasteiger partial charge in [-0.1, -0.05) is 20.8 Å². The topological polar surface area (TPSA) is 40.9 Å². The third kappa shape index (κ3) is 1.50. The molecule has 2 nitrogen and oxygen atoms in total. The largest absolute Gasteiger partial charge is 0.310 e. The summed E-state index contributed by atoms with van der Waals surface area (Å²) in [6.45, 7) is 5.77. The van der Waals surface area contributed by atoms with Gasteiger partial charge in [-0.3, -0.25) is 4.79 Å². The highest BCUT2D eigenvalue weighted by molar-refractivity contribution is 5.99. The van der Waals surface area contributed by atoms with E-state index >= 15 is 0 Å². The first-order valence-corrected chi connectivity index (χ1v) is 4.04. The summed E-state index contributed by atoms with van der Waals surface area (Å²) in [6.07, 6.45) is 1.32. The Morgan fingerprint density at radius 1 is 1.55 bits per heavy atom. The van der Waals surface area contributed by atoms with Gasteiger partial charge in [-0.2, -0.15) is 0 Å². The lowest BCUT2D eigenvalue weighted by Gasteiger charge is -2.32. The Bertz CT molecular complexity index is 206. The van der Waals surface area contributed by atoms with Gasteiger partial charge in [0.15, 0.2) is 0 Å². The van der Waals surface area contributed by atoms with Crippen LogP contribution in [-0.4, -0.2) is 11.5 Å². The molecule has 0 aromatic heterocycles. The fourth-order valence-corrected chi connectivity index (χ4v) is 1.82. The van der Waals surface area contributed by atoms with Gasteiger partial charge in [0.25, 0.3) is 0 Å². The number of ketones is 1. The second-order valence-corrected chi connectivity index (χ2v) is 4.13. The summed E-state index contributed by atoms with van der Waals surface area (Å²) in [4.78, 5) is 11.5. The minimum Gasteiger partial charge on any atom is -0.310 e. The molecule has 0 saturated heterocycles. The van der Waals surface area contributed by atoms with Crippen LogP contribution in [0.25, 0.3) is 0 Å². The van der Waals surface area contributed by atoms with E-state index in [9.17, 15) is 4.79 Å². The summed E-state index contributed by atoms with van der Waals surface area (Å²) in [6, 6.07) is 0. The van der Waals surface area contributed by atoms with Gasteiger partial charge in [0.05, 0.1) is 0 Å². The lowest BCUT2D eigenvalue weighted by atomic mass is 9.71. The van der Waals surface area contributed by atoms with Crippen LogP contribution in [0, 0.1) is 16.7 Å². The molecule has 0 heterocycles. The van der Waals surface area contributed by atoms with Crippen molar-refractivity contribution in [1.82, 2.24) is 0 Å². The summed E-state index contributed by atoms with van der Waals surface area (Å²) in [5.74, 6) is 0.375. The standard InChI is InChI=1S/C9H15NO/c1-6-4-7(10)5-9(2,3)8(6)11/h6,10H,4-5H2,1-3H3. The van der Waals surface area contributed by atoms with Crippen LogP contribution in [0.2, 0.25) is 0 Å². The van der Waals surface area contributed by atoms with Crippen LogP contribution in [0.1, 0.15) is 33.6 Å². The number of carbonyl (C=O) groups excluding carboxylic acids is 1. The fourth-order valence-electron chi connectivity index (χ4n) is 1.82. The number of carbonyl (C=O) groups is 1. The van der Waals surface area contributed by atoms with Crippen LogP contribution in [0.3, 0.4) is 0 Å². The number of nitrogens with one attached hydrogen (secondary N) is 1. The van der Waals surface area contributed by atoms with Crippen LogP contribution in [0.15, 0.2) is 0 Å². The van der Waals surface area contributed by atoms with Crippen LogP contribution in [0.5, 0.6) is 0 Å².